The van der Waals surface area contributed by atoms with E-state index in [1.165, 1.54) is 24.0 Å². The summed E-state index contributed by atoms with van der Waals surface area (Å²) in [5, 5.41) is 33.2. The van der Waals surface area contributed by atoms with E-state index in [9.17, 15) is 39.3 Å². The van der Waals surface area contributed by atoms with E-state index < -0.39 is 66.3 Å². The lowest BCUT2D eigenvalue weighted by Crippen LogP contribution is -2.58. The Hall–Kier alpha value is -3.71. The lowest BCUT2D eigenvalue weighted by molar-refractivity contribution is -0.146. The summed E-state index contributed by atoms with van der Waals surface area (Å²) in [4.78, 5) is 62.5. The Morgan fingerprint density at radius 1 is 1.11 bits per heavy atom. The van der Waals surface area contributed by atoms with Crippen molar-refractivity contribution in [3.63, 3.8) is 0 Å². The van der Waals surface area contributed by atoms with Crippen LogP contribution >= 0.6 is 0 Å². The number of phenols is 1. The summed E-state index contributed by atoms with van der Waals surface area (Å²) < 4.78 is 0. The number of likely N-dealkylation sites (tertiary alicyclic amines) is 1. The average Bonchev–Trinajstić information content (AvgIpc) is 3.28. The molecule has 5 atom stereocenters. The molecule has 1 aromatic carbocycles. The van der Waals surface area contributed by atoms with E-state index in [1.54, 1.807) is 12.1 Å². The number of aliphatic hydroxyl groups is 1. The van der Waals surface area contributed by atoms with E-state index in [-0.39, 0.29) is 25.1 Å². The van der Waals surface area contributed by atoms with E-state index >= 15 is 0 Å². The molecule has 0 radical (unpaired) electrons. The molecule has 1 heterocycles. The van der Waals surface area contributed by atoms with E-state index in [0.29, 0.717) is 12.0 Å². The number of carbonyl (C=O) groups excluding carboxylic acids is 4. The van der Waals surface area contributed by atoms with Crippen molar-refractivity contribution in [3.05, 3.63) is 29.8 Å². The number of aromatic hydroxyl groups is 1. The number of primary amides is 1. The third-order valence-electron chi connectivity index (χ3n) is 5.67. The summed E-state index contributed by atoms with van der Waals surface area (Å²) in [5.74, 6) is -4.49. The van der Waals surface area contributed by atoms with Gasteiger partial charge in [0.25, 0.3) is 0 Å². The highest BCUT2D eigenvalue weighted by molar-refractivity contribution is 5.95. The summed E-state index contributed by atoms with van der Waals surface area (Å²) >= 11 is 0. The first-order valence-corrected chi connectivity index (χ1v) is 11.0. The van der Waals surface area contributed by atoms with Crippen LogP contribution in [0.3, 0.4) is 0 Å². The second-order valence-corrected chi connectivity index (χ2v) is 8.46. The van der Waals surface area contributed by atoms with Crippen LogP contribution in [0.4, 0.5) is 0 Å². The Bertz CT molecular complexity index is 952. The van der Waals surface area contributed by atoms with Crippen LogP contribution < -0.4 is 22.1 Å². The molecule has 35 heavy (non-hydrogen) atoms. The van der Waals surface area contributed by atoms with Crippen molar-refractivity contribution in [2.24, 2.45) is 11.5 Å². The van der Waals surface area contributed by atoms with Gasteiger partial charge in [0.05, 0.1) is 12.5 Å². The van der Waals surface area contributed by atoms with Crippen LogP contribution in [-0.2, 0) is 30.4 Å². The predicted molar refractivity (Wildman–Crippen MR) is 122 cm³/mol. The molecular weight excluding hydrogens is 462 g/mol. The van der Waals surface area contributed by atoms with E-state index in [1.807, 2.05) is 0 Å². The normalized spacial score (nSPS) is 18.7. The Morgan fingerprint density at radius 2 is 1.74 bits per heavy atom. The Morgan fingerprint density at radius 3 is 2.29 bits per heavy atom. The number of aliphatic carboxylic acids is 1. The maximum atomic E-state index is 13.4. The number of hydrogen-bond donors (Lipinski definition) is 7. The van der Waals surface area contributed by atoms with Crippen LogP contribution in [0.2, 0.25) is 0 Å². The van der Waals surface area contributed by atoms with Gasteiger partial charge in [-0.3, -0.25) is 19.2 Å². The molecule has 5 unspecified atom stereocenters. The minimum Gasteiger partial charge on any atom is -0.508 e. The SMILES string of the molecule is CC(O)C(N)C(=O)NC(Cc1ccc(O)cc1)C(=O)N1CCCC1C(=O)NC(CC(N)=O)C(=O)O. The third kappa shape index (κ3) is 7.65. The molecule has 9 N–H and O–H groups in total. The van der Waals surface area contributed by atoms with Gasteiger partial charge in [-0.25, -0.2) is 4.79 Å². The molecule has 1 saturated heterocycles. The number of nitrogens with zero attached hydrogens (tertiary/aromatic N) is 1. The monoisotopic (exact) mass is 493 g/mol. The van der Waals surface area contributed by atoms with Gasteiger partial charge >= 0.3 is 5.97 Å². The van der Waals surface area contributed by atoms with Gasteiger partial charge in [-0.05, 0) is 37.5 Å². The molecule has 192 valence electrons. The fourth-order valence-electron chi connectivity index (χ4n) is 3.73. The number of nitrogens with two attached hydrogens (primary N) is 2. The zero-order chi connectivity index (χ0) is 26.3. The van der Waals surface area contributed by atoms with Gasteiger partial charge in [0.2, 0.25) is 23.6 Å². The number of rotatable bonds is 11. The van der Waals surface area contributed by atoms with E-state index in [2.05, 4.69) is 10.6 Å². The fraction of sp³-hybridized carbons (Fsp3) is 0.500. The molecule has 0 bridgehead atoms. The van der Waals surface area contributed by atoms with Crippen LogP contribution in [0.25, 0.3) is 0 Å². The zero-order valence-electron chi connectivity index (χ0n) is 19.2. The van der Waals surface area contributed by atoms with Gasteiger partial charge in [-0.2, -0.15) is 0 Å². The van der Waals surface area contributed by atoms with Gasteiger partial charge < -0.3 is 42.3 Å². The number of carboxylic acids is 1. The molecule has 0 aromatic heterocycles. The molecule has 0 aliphatic carbocycles. The van der Waals surface area contributed by atoms with Crippen molar-refractivity contribution in [3.8, 4) is 5.75 Å². The number of nitrogens with one attached hydrogen (secondary N) is 2. The number of carbonyl (C=O) groups is 5. The lowest BCUT2D eigenvalue weighted by atomic mass is 10.0. The van der Waals surface area contributed by atoms with E-state index in [4.69, 9.17) is 11.5 Å². The highest BCUT2D eigenvalue weighted by Crippen LogP contribution is 2.21. The maximum absolute atomic E-state index is 13.4. The smallest absolute Gasteiger partial charge is 0.326 e. The van der Waals surface area contributed by atoms with Gasteiger partial charge in [0.15, 0.2) is 0 Å². The van der Waals surface area contributed by atoms with Crippen molar-refractivity contribution >= 4 is 29.6 Å². The summed E-state index contributed by atoms with van der Waals surface area (Å²) in [5.41, 5.74) is 11.3. The van der Waals surface area contributed by atoms with Crippen LogP contribution in [0.5, 0.6) is 5.75 Å². The molecule has 4 amide bonds. The van der Waals surface area contributed by atoms with E-state index in [0.717, 1.165) is 0 Å². The first kappa shape index (κ1) is 27.5. The standard InChI is InChI=1S/C22H31N5O8/c1-11(28)18(24)20(32)25-14(9-12-4-6-13(29)7-5-12)21(33)27-8-2-3-16(27)19(31)26-15(22(34)35)10-17(23)30/h4-7,11,14-16,18,28-29H,2-3,8-10,24H2,1H3,(H2,23,30)(H,25,32)(H,26,31)(H,34,35). The van der Waals surface area contributed by atoms with Crippen molar-refractivity contribution in [2.45, 2.75) is 62.9 Å². The average molecular weight is 494 g/mol. The van der Waals surface area contributed by atoms with Crippen molar-refractivity contribution in [2.75, 3.05) is 6.54 Å². The predicted octanol–water partition coefficient (Wildman–Crippen LogP) is -2.44. The Labute approximate surface area is 201 Å². The minimum absolute atomic E-state index is 0.00164. The van der Waals surface area contributed by atoms with Gasteiger partial charge in [0, 0.05) is 13.0 Å². The summed E-state index contributed by atoms with van der Waals surface area (Å²) in [6.07, 6.45) is -1.10. The number of benzene rings is 1. The highest BCUT2D eigenvalue weighted by Gasteiger charge is 2.39. The molecule has 2 rings (SSSR count). The number of hydrogen-bond acceptors (Lipinski definition) is 8. The maximum Gasteiger partial charge on any atom is 0.326 e. The quantitative estimate of drug-likeness (QED) is 0.174. The van der Waals surface area contributed by atoms with Gasteiger partial charge in [-0.1, -0.05) is 12.1 Å². The molecular formula is C22H31N5O8. The van der Waals surface area contributed by atoms with Crippen LogP contribution in [-0.4, -0.2) is 86.6 Å². The van der Waals surface area contributed by atoms with Crippen LogP contribution in [0.1, 0.15) is 31.7 Å². The Balaban J connectivity index is 2.24. The van der Waals surface area contributed by atoms with Crippen LogP contribution in [0, 0.1) is 0 Å². The molecule has 1 aliphatic rings. The molecule has 13 nitrogen and oxygen atoms in total. The first-order valence-electron chi connectivity index (χ1n) is 11.0. The van der Waals surface area contributed by atoms with Crippen molar-refractivity contribution in [1.29, 1.82) is 0 Å². The number of carboxylic acid groups (broad SMARTS) is 1. The number of aliphatic hydroxyl groups excluding tert-OH is 1. The molecule has 1 aliphatic heterocycles. The van der Waals surface area contributed by atoms with Gasteiger partial charge in [0.1, 0.15) is 29.9 Å². The second-order valence-electron chi connectivity index (χ2n) is 8.46. The van der Waals surface area contributed by atoms with Crippen LogP contribution in [0.15, 0.2) is 24.3 Å². The number of amides is 4. The molecule has 0 spiro atoms. The molecule has 0 saturated carbocycles. The number of phenolic OH excluding ortho intramolecular Hbond substituents is 1. The molecule has 1 aromatic rings. The summed E-state index contributed by atoms with van der Waals surface area (Å²) in [6, 6.07) is 0.918. The highest BCUT2D eigenvalue weighted by atomic mass is 16.4. The molecule has 1 fully saturated rings. The first-order chi connectivity index (χ1) is 16.4. The van der Waals surface area contributed by atoms with Crippen molar-refractivity contribution in [1.82, 2.24) is 15.5 Å². The Kier molecular flexibility index (Phi) is 9.54. The third-order valence-corrected chi connectivity index (χ3v) is 5.67. The lowest BCUT2D eigenvalue weighted by Gasteiger charge is -2.30. The summed E-state index contributed by atoms with van der Waals surface area (Å²) in [7, 11) is 0. The van der Waals surface area contributed by atoms with Gasteiger partial charge in [-0.15, -0.1) is 0 Å². The largest absolute Gasteiger partial charge is 0.508 e. The second kappa shape index (κ2) is 12.1. The minimum atomic E-state index is -1.55. The topological polar surface area (TPSA) is 225 Å². The fourth-order valence-corrected chi connectivity index (χ4v) is 3.73. The molecule has 13 heteroatoms. The summed E-state index contributed by atoms with van der Waals surface area (Å²) in [6.45, 7) is 1.50. The van der Waals surface area contributed by atoms with Crippen molar-refractivity contribution < 1.29 is 39.3 Å². The zero-order valence-corrected chi connectivity index (χ0v) is 19.2.